The van der Waals surface area contributed by atoms with Crippen LogP contribution >= 0.6 is 0 Å². The zero-order valence-electron chi connectivity index (χ0n) is 19.9. The van der Waals surface area contributed by atoms with Crippen molar-refractivity contribution in [2.45, 2.75) is 19.9 Å². The van der Waals surface area contributed by atoms with E-state index < -0.39 is 6.03 Å². The molecule has 0 radical (unpaired) electrons. The molecule has 0 aliphatic rings. The Morgan fingerprint density at radius 2 is 1.86 bits per heavy atom. The van der Waals surface area contributed by atoms with Gasteiger partial charge in [-0.05, 0) is 49.3 Å². The summed E-state index contributed by atoms with van der Waals surface area (Å²) in [6.07, 6.45) is 2.37. The lowest BCUT2D eigenvalue weighted by molar-refractivity contribution is 0.261. The number of amides is 2. The quantitative estimate of drug-likeness (QED) is 0.207. The smallest absolute Gasteiger partial charge is 0.326 e. The van der Waals surface area contributed by atoms with Crippen molar-refractivity contribution in [2.24, 2.45) is 5.73 Å². The van der Waals surface area contributed by atoms with Crippen LogP contribution in [-0.4, -0.2) is 48.8 Å². The van der Waals surface area contributed by atoms with E-state index in [2.05, 4.69) is 31.2 Å². The number of nitrogens with two attached hydrogens (primary N) is 1. The van der Waals surface area contributed by atoms with E-state index in [1.54, 1.807) is 18.2 Å². The third-order valence-electron chi connectivity index (χ3n) is 5.10. The van der Waals surface area contributed by atoms with Crippen LogP contribution < -0.4 is 37.3 Å². The minimum atomic E-state index is -0.546. The lowest BCUT2D eigenvalue weighted by Gasteiger charge is -2.13. The second-order valence-corrected chi connectivity index (χ2v) is 7.77. The van der Waals surface area contributed by atoms with Crippen LogP contribution in [0.25, 0.3) is 11.1 Å². The van der Waals surface area contributed by atoms with E-state index in [0.29, 0.717) is 36.7 Å². The number of nitrogens with zero attached hydrogens (tertiary/aromatic N) is 1. The number of carbonyl (C=O) groups excluding carboxylic acids is 1. The Labute approximate surface area is 204 Å². The first kappa shape index (κ1) is 25.9. The van der Waals surface area contributed by atoms with Gasteiger partial charge in [-0.1, -0.05) is 43.3 Å². The fourth-order valence-corrected chi connectivity index (χ4v) is 3.29. The molecule has 0 saturated heterocycles. The summed E-state index contributed by atoms with van der Waals surface area (Å²) in [5.41, 5.74) is 7.92. The van der Waals surface area contributed by atoms with E-state index in [1.165, 1.54) is 6.20 Å². The molecule has 0 fully saturated rings. The van der Waals surface area contributed by atoms with Gasteiger partial charge in [0, 0.05) is 19.3 Å². The highest BCUT2D eigenvalue weighted by atomic mass is 16.5. The first-order valence-corrected chi connectivity index (χ1v) is 11.7. The van der Waals surface area contributed by atoms with E-state index in [0.717, 1.165) is 37.2 Å². The molecule has 0 bridgehead atoms. The number of aromatic nitrogens is 2. The Bertz CT molecular complexity index is 1130. The first-order valence-electron chi connectivity index (χ1n) is 11.7. The minimum absolute atomic E-state index is 0.0440. The fourth-order valence-electron chi connectivity index (χ4n) is 3.29. The number of urea groups is 1. The predicted molar refractivity (Wildman–Crippen MR) is 139 cm³/mol. The topological polar surface area (TPSA) is 146 Å². The number of aromatic amines is 1. The normalized spacial score (nSPS) is 10.7. The van der Waals surface area contributed by atoms with Gasteiger partial charge in [0.15, 0.2) is 0 Å². The molecule has 0 atom stereocenters. The molecule has 1 aromatic heterocycles. The van der Waals surface area contributed by atoms with Gasteiger partial charge in [0.2, 0.25) is 5.95 Å². The third-order valence-corrected chi connectivity index (χ3v) is 5.10. The molecule has 0 aliphatic carbocycles. The summed E-state index contributed by atoms with van der Waals surface area (Å²) in [4.78, 5) is 31.9. The van der Waals surface area contributed by atoms with Crippen LogP contribution in [0, 0.1) is 0 Å². The molecule has 3 aromatic rings. The van der Waals surface area contributed by atoms with Crippen LogP contribution in [0.15, 0.2) is 59.5 Å². The molecule has 186 valence electrons. The monoisotopic (exact) mass is 479 g/mol. The van der Waals surface area contributed by atoms with Crippen LogP contribution in [0.1, 0.15) is 18.9 Å². The van der Waals surface area contributed by atoms with Gasteiger partial charge in [0.05, 0.1) is 11.3 Å². The predicted octanol–water partition coefficient (Wildman–Crippen LogP) is 2.51. The number of para-hydroxylation sites is 2. The maximum atomic E-state index is 12.6. The zero-order valence-corrected chi connectivity index (χ0v) is 19.9. The van der Waals surface area contributed by atoms with Gasteiger partial charge in [-0.25, -0.2) is 9.78 Å². The standard InChI is InChI=1S/C25H33N7O3/c1-2-27-14-15-35-22-7-4-3-6-21(22)30-25(34)32-24-29-17-20(23(33)31-24)19-10-8-18(9-11-19)16-28-13-5-12-26/h3-4,6-11,17,27-28H,2,5,12-16,26H2,1H3,(H3,29,30,31,32,33,34). The summed E-state index contributed by atoms with van der Waals surface area (Å²) in [7, 11) is 0. The summed E-state index contributed by atoms with van der Waals surface area (Å²) in [6.45, 7) is 6.29. The lowest BCUT2D eigenvalue weighted by atomic mass is 10.1. The molecule has 2 aromatic carbocycles. The maximum absolute atomic E-state index is 12.6. The molecule has 3 rings (SSSR count). The number of carbonyl (C=O) groups is 1. The highest BCUT2D eigenvalue weighted by Crippen LogP contribution is 2.23. The Kier molecular flexibility index (Phi) is 10.2. The first-order chi connectivity index (χ1) is 17.1. The largest absolute Gasteiger partial charge is 0.490 e. The van der Waals surface area contributed by atoms with Crippen molar-refractivity contribution < 1.29 is 9.53 Å². The molecular weight excluding hydrogens is 446 g/mol. The van der Waals surface area contributed by atoms with Crippen LogP contribution in [0.4, 0.5) is 16.4 Å². The Balaban J connectivity index is 1.58. The summed E-state index contributed by atoms with van der Waals surface area (Å²) in [5.74, 6) is 0.595. The average Bonchev–Trinajstić information content (AvgIpc) is 2.86. The van der Waals surface area contributed by atoms with Gasteiger partial charge in [0.25, 0.3) is 5.56 Å². The summed E-state index contributed by atoms with van der Waals surface area (Å²) in [6, 6.07) is 14.3. The van der Waals surface area contributed by atoms with Gasteiger partial charge in [-0.2, -0.15) is 0 Å². The Morgan fingerprint density at radius 1 is 1.06 bits per heavy atom. The molecule has 10 nitrogen and oxygen atoms in total. The SMILES string of the molecule is CCNCCOc1ccccc1NC(=O)Nc1ncc(-c2ccc(CNCCCN)cc2)c(=O)[nH]1. The molecule has 1 heterocycles. The third kappa shape index (κ3) is 8.21. The van der Waals surface area contributed by atoms with Gasteiger partial charge >= 0.3 is 6.03 Å². The average molecular weight is 480 g/mol. The number of nitrogens with one attached hydrogen (secondary N) is 5. The lowest BCUT2D eigenvalue weighted by Crippen LogP contribution is -2.24. The zero-order chi connectivity index (χ0) is 24.9. The van der Waals surface area contributed by atoms with E-state index in [-0.39, 0.29) is 11.5 Å². The molecule has 0 aliphatic heterocycles. The van der Waals surface area contributed by atoms with Crippen LogP contribution in [0.3, 0.4) is 0 Å². The fraction of sp³-hybridized carbons (Fsp3) is 0.320. The van der Waals surface area contributed by atoms with Gasteiger partial charge < -0.3 is 26.4 Å². The van der Waals surface area contributed by atoms with Gasteiger partial charge in [0.1, 0.15) is 12.4 Å². The number of likely N-dealkylation sites (N-methyl/N-ethyl adjacent to an activating group) is 1. The summed E-state index contributed by atoms with van der Waals surface area (Å²) >= 11 is 0. The molecule has 0 spiro atoms. The van der Waals surface area contributed by atoms with E-state index in [4.69, 9.17) is 10.5 Å². The number of hydrogen-bond donors (Lipinski definition) is 6. The van der Waals surface area contributed by atoms with Gasteiger partial charge in [-0.15, -0.1) is 0 Å². The van der Waals surface area contributed by atoms with Gasteiger partial charge in [-0.3, -0.25) is 15.1 Å². The maximum Gasteiger partial charge on any atom is 0.326 e. The van der Waals surface area contributed by atoms with Crippen molar-refractivity contribution in [1.82, 2.24) is 20.6 Å². The van der Waals surface area contributed by atoms with Crippen molar-refractivity contribution >= 4 is 17.7 Å². The molecule has 10 heteroatoms. The van der Waals surface area contributed by atoms with Crippen molar-refractivity contribution in [1.29, 1.82) is 0 Å². The second kappa shape index (κ2) is 13.9. The van der Waals surface area contributed by atoms with Crippen LogP contribution in [-0.2, 0) is 6.54 Å². The van der Waals surface area contributed by atoms with E-state index >= 15 is 0 Å². The number of anilines is 2. The highest BCUT2D eigenvalue weighted by molar-refractivity contribution is 5.99. The summed E-state index contributed by atoms with van der Waals surface area (Å²) in [5, 5.41) is 11.8. The number of hydrogen-bond acceptors (Lipinski definition) is 7. The molecular formula is C25H33N7O3. The number of benzene rings is 2. The second-order valence-electron chi connectivity index (χ2n) is 7.77. The number of ether oxygens (including phenoxy) is 1. The Morgan fingerprint density at radius 3 is 2.60 bits per heavy atom. The van der Waals surface area contributed by atoms with Crippen LogP contribution in [0.5, 0.6) is 5.75 Å². The molecule has 35 heavy (non-hydrogen) atoms. The molecule has 7 N–H and O–H groups in total. The van der Waals surface area contributed by atoms with E-state index in [9.17, 15) is 9.59 Å². The minimum Gasteiger partial charge on any atom is -0.490 e. The van der Waals surface area contributed by atoms with Crippen molar-refractivity contribution in [3.63, 3.8) is 0 Å². The molecule has 0 saturated carbocycles. The number of rotatable bonds is 13. The van der Waals surface area contributed by atoms with E-state index in [1.807, 2.05) is 37.3 Å². The molecule has 2 amide bonds. The van der Waals surface area contributed by atoms with Crippen molar-refractivity contribution in [3.8, 4) is 16.9 Å². The van der Waals surface area contributed by atoms with Crippen LogP contribution in [0.2, 0.25) is 0 Å². The Hall–Kier alpha value is -3.73. The van der Waals surface area contributed by atoms with Crippen molar-refractivity contribution in [3.05, 3.63) is 70.6 Å². The number of H-pyrrole nitrogens is 1. The summed E-state index contributed by atoms with van der Waals surface area (Å²) < 4.78 is 5.73. The highest BCUT2D eigenvalue weighted by Gasteiger charge is 2.11. The van der Waals surface area contributed by atoms with Crippen molar-refractivity contribution in [2.75, 3.05) is 43.4 Å². The molecule has 0 unspecified atom stereocenters.